The molecule has 4 fully saturated rings. The Kier molecular flexibility index (Phi) is 2.94. The van der Waals surface area contributed by atoms with Crippen LogP contribution < -0.4 is 5.32 Å². The zero-order valence-electron chi connectivity index (χ0n) is 11.9. The van der Waals surface area contributed by atoms with Crippen molar-refractivity contribution in [2.24, 2.45) is 35.5 Å². The molecule has 102 valence electrons. The Labute approximate surface area is 112 Å². The van der Waals surface area contributed by atoms with Crippen molar-refractivity contribution in [1.82, 2.24) is 5.32 Å². The van der Waals surface area contributed by atoms with Crippen LogP contribution >= 0.6 is 0 Å². The average molecular weight is 247 g/mol. The van der Waals surface area contributed by atoms with Crippen LogP contribution in [0.4, 0.5) is 0 Å². The smallest absolute Gasteiger partial charge is 0.0104 e. The van der Waals surface area contributed by atoms with Gasteiger partial charge in [-0.2, -0.15) is 0 Å². The quantitative estimate of drug-likeness (QED) is 0.752. The van der Waals surface area contributed by atoms with Crippen LogP contribution in [0.2, 0.25) is 0 Å². The van der Waals surface area contributed by atoms with Gasteiger partial charge < -0.3 is 5.32 Å². The van der Waals surface area contributed by atoms with Crippen molar-refractivity contribution in [3.63, 3.8) is 0 Å². The maximum absolute atomic E-state index is 3.93. The third-order valence-corrected chi connectivity index (χ3v) is 6.73. The molecule has 1 heteroatoms. The number of hydrogen-bond acceptors (Lipinski definition) is 1. The second kappa shape index (κ2) is 4.51. The molecule has 0 heterocycles. The fraction of sp³-hybridized carbons (Fsp3) is 1.00. The van der Waals surface area contributed by atoms with E-state index in [1.807, 2.05) is 0 Å². The van der Waals surface area contributed by atoms with Gasteiger partial charge in [0.05, 0.1) is 0 Å². The van der Waals surface area contributed by atoms with Crippen LogP contribution in [0.3, 0.4) is 0 Å². The first kappa shape index (κ1) is 11.8. The number of nitrogens with one attached hydrogen (secondary N) is 1. The van der Waals surface area contributed by atoms with E-state index in [1.165, 1.54) is 38.6 Å². The van der Waals surface area contributed by atoms with E-state index in [4.69, 9.17) is 0 Å². The van der Waals surface area contributed by atoms with Gasteiger partial charge in [0.15, 0.2) is 0 Å². The van der Waals surface area contributed by atoms with Gasteiger partial charge in [-0.15, -0.1) is 0 Å². The summed E-state index contributed by atoms with van der Waals surface area (Å²) in [6, 6.07) is 0.897. The monoisotopic (exact) mass is 247 g/mol. The fourth-order valence-corrected chi connectivity index (χ4v) is 5.72. The summed E-state index contributed by atoms with van der Waals surface area (Å²) in [5, 5.41) is 3.93. The lowest BCUT2D eigenvalue weighted by molar-refractivity contribution is 0.232. The minimum atomic E-state index is 0.897. The summed E-state index contributed by atoms with van der Waals surface area (Å²) in [4.78, 5) is 0. The van der Waals surface area contributed by atoms with Gasteiger partial charge in [0.2, 0.25) is 0 Å². The van der Waals surface area contributed by atoms with Crippen molar-refractivity contribution >= 4 is 0 Å². The first-order valence-corrected chi connectivity index (χ1v) is 8.62. The molecule has 5 unspecified atom stereocenters. The molecule has 5 atom stereocenters. The zero-order valence-corrected chi connectivity index (χ0v) is 11.9. The average Bonchev–Trinajstić information content (AvgIpc) is 2.77. The van der Waals surface area contributed by atoms with Crippen LogP contribution in [0.1, 0.15) is 58.3 Å². The number of rotatable bonds is 6. The van der Waals surface area contributed by atoms with Crippen molar-refractivity contribution in [2.75, 3.05) is 6.54 Å². The molecule has 2 bridgehead atoms. The molecule has 0 spiro atoms. The molecule has 1 nitrogen and oxygen atoms in total. The SMILES string of the molecule is CCCNC(CC1CCC1)C1C2C3CCC(C3)C21. The molecule has 0 aliphatic heterocycles. The van der Waals surface area contributed by atoms with Gasteiger partial charge in [0, 0.05) is 6.04 Å². The normalized spacial score (nSPS) is 46.8. The molecule has 4 rings (SSSR count). The Morgan fingerprint density at radius 2 is 1.78 bits per heavy atom. The van der Waals surface area contributed by atoms with Gasteiger partial charge in [-0.1, -0.05) is 26.2 Å². The molecule has 0 saturated heterocycles. The van der Waals surface area contributed by atoms with Gasteiger partial charge in [-0.3, -0.25) is 0 Å². The van der Waals surface area contributed by atoms with Gasteiger partial charge >= 0.3 is 0 Å². The molecule has 0 radical (unpaired) electrons. The van der Waals surface area contributed by atoms with Crippen LogP contribution in [-0.2, 0) is 0 Å². The summed E-state index contributed by atoms with van der Waals surface area (Å²) in [5.74, 6) is 6.81. The zero-order chi connectivity index (χ0) is 12.1. The van der Waals surface area contributed by atoms with Crippen molar-refractivity contribution in [1.29, 1.82) is 0 Å². The highest BCUT2D eigenvalue weighted by Crippen LogP contribution is 2.70. The van der Waals surface area contributed by atoms with Crippen molar-refractivity contribution in [2.45, 2.75) is 64.3 Å². The molecule has 4 saturated carbocycles. The van der Waals surface area contributed by atoms with E-state index in [-0.39, 0.29) is 0 Å². The molecule has 0 aromatic heterocycles. The summed E-state index contributed by atoms with van der Waals surface area (Å²) in [6.07, 6.45) is 12.1. The first-order chi connectivity index (χ1) is 8.88. The molecular formula is C17H29N. The third-order valence-electron chi connectivity index (χ3n) is 6.73. The minimum Gasteiger partial charge on any atom is -0.314 e. The molecule has 0 aromatic carbocycles. The number of hydrogen-bond donors (Lipinski definition) is 1. The van der Waals surface area contributed by atoms with Crippen LogP contribution in [0.15, 0.2) is 0 Å². The Morgan fingerprint density at radius 3 is 2.33 bits per heavy atom. The highest BCUT2D eigenvalue weighted by atomic mass is 14.9. The van der Waals surface area contributed by atoms with Crippen LogP contribution in [0.5, 0.6) is 0 Å². The van der Waals surface area contributed by atoms with Gasteiger partial charge in [-0.05, 0) is 74.2 Å². The topological polar surface area (TPSA) is 12.0 Å². The predicted molar refractivity (Wildman–Crippen MR) is 75.3 cm³/mol. The van der Waals surface area contributed by atoms with Crippen molar-refractivity contribution < 1.29 is 0 Å². The molecule has 18 heavy (non-hydrogen) atoms. The fourth-order valence-electron chi connectivity index (χ4n) is 5.72. The summed E-state index contributed by atoms with van der Waals surface area (Å²) in [6.45, 7) is 3.56. The maximum atomic E-state index is 3.93. The lowest BCUT2D eigenvalue weighted by Crippen LogP contribution is -2.37. The highest BCUT2D eigenvalue weighted by molar-refractivity contribution is 5.15. The molecule has 0 amide bonds. The lowest BCUT2D eigenvalue weighted by atomic mass is 9.79. The predicted octanol–water partition coefficient (Wildman–Crippen LogP) is 3.84. The van der Waals surface area contributed by atoms with Gasteiger partial charge in [0.25, 0.3) is 0 Å². The number of fused-ring (bicyclic) bond motifs is 5. The van der Waals surface area contributed by atoms with Crippen molar-refractivity contribution in [3.8, 4) is 0 Å². The largest absolute Gasteiger partial charge is 0.314 e. The first-order valence-electron chi connectivity index (χ1n) is 8.62. The summed E-state index contributed by atoms with van der Waals surface area (Å²) in [5.41, 5.74) is 0. The van der Waals surface area contributed by atoms with E-state index >= 15 is 0 Å². The lowest BCUT2D eigenvalue weighted by Gasteiger charge is -2.31. The molecule has 1 N–H and O–H groups in total. The Balaban J connectivity index is 1.39. The Morgan fingerprint density at radius 1 is 1.06 bits per heavy atom. The highest BCUT2D eigenvalue weighted by Gasteiger charge is 2.66. The molecule has 4 aliphatic carbocycles. The Bertz CT molecular complexity index is 293. The maximum Gasteiger partial charge on any atom is 0.0104 e. The summed E-state index contributed by atoms with van der Waals surface area (Å²) in [7, 11) is 0. The molecular weight excluding hydrogens is 218 g/mol. The van der Waals surface area contributed by atoms with E-state index < -0.39 is 0 Å². The van der Waals surface area contributed by atoms with Crippen molar-refractivity contribution in [3.05, 3.63) is 0 Å². The van der Waals surface area contributed by atoms with E-state index in [1.54, 1.807) is 19.3 Å². The van der Waals surface area contributed by atoms with Crippen LogP contribution in [0, 0.1) is 35.5 Å². The van der Waals surface area contributed by atoms with E-state index in [9.17, 15) is 0 Å². The molecule has 4 aliphatic rings. The second-order valence-electron chi connectivity index (χ2n) is 7.66. The standard InChI is InChI=1S/C17H29N/c1-2-8-18-14(9-11-4-3-5-11)17-15-12-6-7-13(10-12)16(15)17/h11-18H,2-10H2,1H3. The summed E-state index contributed by atoms with van der Waals surface area (Å²) < 4.78 is 0. The van der Waals surface area contributed by atoms with Gasteiger partial charge in [-0.25, -0.2) is 0 Å². The molecule has 0 aromatic rings. The Hall–Kier alpha value is -0.0400. The van der Waals surface area contributed by atoms with Gasteiger partial charge in [0.1, 0.15) is 0 Å². The minimum absolute atomic E-state index is 0.897. The third kappa shape index (κ3) is 1.77. The van der Waals surface area contributed by atoms with E-state index in [0.717, 1.165) is 41.5 Å². The van der Waals surface area contributed by atoms with Crippen LogP contribution in [-0.4, -0.2) is 12.6 Å². The van der Waals surface area contributed by atoms with Crippen LogP contribution in [0.25, 0.3) is 0 Å². The summed E-state index contributed by atoms with van der Waals surface area (Å²) >= 11 is 0. The van der Waals surface area contributed by atoms with E-state index in [0.29, 0.717) is 0 Å². The van der Waals surface area contributed by atoms with E-state index in [2.05, 4.69) is 12.2 Å². The second-order valence-corrected chi connectivity index (χ2v) is 7.66.